The fourth-order valence-electron chi connectivity index (χ4n) is 2.75. The number of benzene rings is 1. The summed E-state index contributed by atoms with van der Waals surface area (Å²) < 4.78 is 13.9. The van der Waals surface area contributed by atoms with Crippen molar-refractivity contribution in [2.24, 2.45) is 11.7 Å². The van der Waals surface area contributed by atoms with Crippen LogP contribution in [0.3, 0.4) is 0 Å². The molecule has 1 saturated carbocycles. The fraction of sp³-hybridized carbons (Fsp3) is 0.571. The van der Waals surface area contributed by atoms with Gasteiger partial charge in [-0.3, -0.25) is 0 Å². The largest absolute Gasteiger partial charge is 0.391 e. The lowest BCUT2D eigenvalue weighted by Crippen LogP contribution is -2.33. The van der Waals surface area contributed by atoms with Crippen LogP contribution in [0.15, 0.2) is 12.1 Å². The van der Waals surface area contributed by atoms with Crippen molar-refractivity contribution >= 4 is 24.0 Å². The van der Waals surface area contributed by atoms with Crippen molar-refractivity contribution in [1.29, 1.82) is 0 Å². The second-order valence-electron chi connectivity index (χ2n) is 5.15. The highest BCUT2D eigenvalue weighted by molar-refractivity contribution is 6.32. The molecule has 19 heavy (non-hydrogen) atoms. The number of aliphatic hydroxyl groups excluding tert-OH is 1. The first-order valence-electron chi connectivity index (χ1n) is 6.40. The quantitative estimate of drug-likeness (QED) is 0.893. The number of hydrogen-bond donors (Lipinski definition) is 2. The zero-order valence-electron chi connectivity index (χ0n) is 10.9. The third kappa shape index (κ3) is 3.40. The van der Waals surface area contributed by atoms with Gasteiger partial charge < -0.3 is 10.8 Å². The highest BCUT2D eigenvalue weighted by Gasteiger charge is 2.31. The van der Waals surface area contributed by atoms with Gasteiger partial charge in [-0.2, -0.15) is 0 Å². The summed E-state index contributed by atoms with van der Waals surface area (Å²) in [5.41, 5.74) is 7.04. The monoisotopic (exact) mass is 307 g/mol. The average Bonchev–Trinajstić information content (AvgIpc) is 2.87. The minimum Gasteiger partial charge on any atom is -0.391 e. The average molecular weight is 308 g/mol. The molecule has 2 rings (SSSR count). The zero-order chi connectivity index (χ0) is 13.3. The Balaban J connectivity index is 0.00000180. The number of rotatable bonds is 3. The van der Waals surface area contributed by atoms with Crippen molar-refractivity contribution in [2.75, 3.05) is 0 Å². The minimum absolute atomic E-state index is 0. The lowest BCUT2D eigenvalue weighted by atomic mass is 9.90. The maximum Gasteiger partial charge on any atom is 0.129 e. The first kappa shape index (κ1) is 16.7. The van der Waals surface area contributed by atoms with E-state index in [0.717, 1.165) is 31.2 Å². The van der Waals surface area contributed by atoms with Gasteiger partial charge in [-0.25, -0.2) is 4.39 Å². The van der Waals surface area contributed by atoms with Crippen LogP contribution in [0.1, 0.15) is 42.9 Å². The molecule has 1 aliphatic carbocycles. The molecule has 2 atom stereocenters. The van der Waals surface area contributed by atoms with Crippen LogP contribution < -0.4 is 5.73 Å². The predicted octanol–water partition coefficient (Wildman–Crippen LogP) is 3.76. The maximum atomic E-state index is 13.9. The number of hydrogen-bond acceptors (Lipinski definition) is 2. The fourth-order valence-corrected chi connectivity index (χ4v) is 3.03. The van der Waals surface area contributed by atoms with Gasteiger partial charge in [0.25, 0.3) is 0 Å². The molecule has 1 aromatic rings. The number of aryl methyl sites for hydroxylation is 1. The third-order valence-corrected chi connectivity index (χ3v) is 4.41. The van der Waals surface area contributed by atoms with E-state index in [2.05, 4.69) is 0 Å². The summed E-state index contributed by atoms with van der Waals surface area (Å²) in [4.78, 5) is 0. The molecule has 0 aliphatic heterocycles. The van der Waals surface area contributed by atoms with Crippen molar-refractivity contribution in [1.82, 2.24) is 0 Å². The molecule has 1 aromatic carbocycles. The van der Waals surface area contributed by atoms with Crippen LogP contribution in [0.5, 0.6) is 0 Å². The van der Waals surface area contributed by atoms with Crippen LogP contribution in [0.2, 0.25) is 5.02 Å². The molecule has 0 bridgehead atoms. The molecule has 0 radical (unpaired) electrons. The van der Waals surface area contributed by atoms with Crippen LogP contribution in [0.4, 0.5) is 4.39 Å². The Morgan fingerprint density at radius 1 is 1.37 bits per heavy atom. The van der Waals surface area contributed by atoms with E-state index in [9.17, 15) is 9.50 Å². The summed E-state index contributed by atoms with van der Waals surface area (Å²) in [7, 11) is 0. The van der Waals surface area contributed by atoms with E-state index in [1.165, 1.54) is 6.07 Å². The molecule has 2 nitrogen and oxygen atoms in total. The van der Waals surface area contributed by atoms with Crippen LogP contribution in [0.25, 0.3) is 0 Å². The van der Waals surface area contributed by atoms with Crippen LogP contribution in [-0.4, -0.2) is 11.2 Å². The molecule has 3 N–H and O–H groups in total. The Hall–Kier alpha value is -0.350. The summed E-state index contributed by atoms with van der Waals surface area (Å²) >= 11 is 6.11. The molecule has 0 unspecified atom stereocenters. The summed E-state index contributed by atoms with van der Waals surface area (Å²) in [6.45, 7) is 1.81. The van der Waals surface area contributed by atoms with Crippen LogP contribution >= 0.6 is 24.0 Å². The number of nitrogens with two attached hydrogens (primary N) is 1. The third-order valence-electron chi connectivity index (χ3n) is 3.90. The molecule has 0 aromatic heterocycles. The normalized spacial score (nSPS) is 19.0. The second kappa shape index (κ2) is 6.89. The van der Waals surface area contributed by atoms with Gasteiger partial charge in [-0.15, -0.1) is 12.4 Å². The Labute approximate surface area is 124 Å². The molecule has 0 amide bonds. The molecule has 0 saturated heterocycles. The number of halogens is 3. The van der Waals surface area contributed by atoms with E-state index in [1.807, 2.05) is 0 Å². The SMILES string of the molecule is Cc1ccc(F)c([C@@H](N)[C@@H](O)C2CCCC2)c1Cl.Cl. The molecular weight excluding hydrogens is 288 g/mol. The molecule has 1 aliphatic rings. The molecule has 0 spiro atoms. The summed E-state index contributed by atoms with van der Waals surface area (Å²) in [5, 5.41) is 10.6. The van der Waals surface area contributed by atoms with E-state index in [-0.39, 0.29) is 23.9 Å². The Kier molecular flexibility index (Phi) is 6.06. The van der Waals surface area contributed by atoms with Gasteiger partial charge in [0, 0.05) is 5.56 Å². The Bertz CT molecular complexity index is 436. The van der Waals surface area contributed by atoms with Gasteiger partial charge >= 0.3 is 0 Å². The van der Waals surface area contributed by atoms with Gasteiger partial charge in [-0.05, 0) is 37.3 Å². The summed E-state index contributed by atoms with van der Waals surface area (Å²) in [6, 6.07) is 2.23. The lowest BCUT2D eigenvalue weighted by Gasteiger charge is -2.26. The second-order valence-corrected chi connectivity index (χ2v) is 5.53. The van der Waals surface area contributed by atoms with E-state index >= 15 is 0 Å². The zero-order valence-corrected chi connectivity index (χ0v) is 12.5. The highest BCUT2D eigenvalue weighted by atomic mass is 35.5. The van der Waals surface area contributed by atoms with Gasteiger partial charge in [0.15, 0.2) is 0 Å². The van der Waals surface area contributed by atoms with Gasteiger partial charge in [0.05, 0.1) is 17.2 Å². The molecule has 1 fully saturated rings. The van der Waals surface area contributed by atoms with Crippen LogP contribution in [-0.2, 0) is 0 Å². The van der Waals surface area contributed by atoms with Gasteiger partial charge in [0.1, 0.15) is 5.82 Å². The van der Waals surface area contributed by atoms with Gasteiger partial charge in [0.2, 0.25) is 0 Å². The highest BCUT2D eigenvalue weighted by Crippen LogP contribution is 2.36. The molecule has 0 heterocycles. The van der Waals surface area contributed by atoms with Crippen molar-refractivity contribution in [3.8, 4) is 0 Å². The predicted molar refractivity (Wildman–Crippen MR) is 78.3 cm³/mol. The maximum absolute atomic E-state index is 13.9. The van der Waals surface area contributed by atoms with E-state index in [1.54, 1.807) is 13.0 Å². The minimum atomic E-state index is -0.750. The van der Waals surface area contributed by atoms with Gasteiger partial charge in [-0.1, -0.05) is 30.5 Å². The Morgan fingerprint density at radius 2 is 1.95 bits per heavy atom. The molecule has 5 heteroatoms. The summed E-state index contributed by atoms with van der Waals surface area (Å²) in [6.07, 6.45) is 3.41. The number of aliphatic hydroxyl groups is 1. The standard InChI is InChI=1S/C14H19ClFNO.ClH/c1-8-6-7-10(16)11(12(8)15)13(17)14(18)9-4-2-3-5-9;/h6-7,9,13-14,18H,2-5,17H2,1H3;1H/t13-,14+;/m1./s1. The lowest BCUT2D eigenvalue weighted by molar-refractivity contribution is 0.0833. The summed E-state index contributed by atoms with van der Waals surface area (Å²) in [5.74, 6) is -0.272. The van der Waals surface area contributed by atoms with Crippen molar-refractivity contribution in [3.05, 3.63) is 34.1 Å². The molecule has 108 valence electrons. The Morgan fingerprint density at radius 3 is 2.53 bits per heavy atom. The van der Waals surface area contributed by atoms with Crippen molar-refractivity contribution < 1.29 is 9.50 Å². The van der Waals surface area contributed by atoms with E-state index in [0.29, 0.717) is 5.02 Å². The topological polar surface area (TPSA) is 46.2 Å². The first-order chi connectivity index (χ1) is 8.52. The van der Waals surface area contributed by atoms with Crippen LogP contribution in [0, 0.1) is 18.7 Å². The molecular formula is C14H20Cl2FNO. The van der Waals surface area contributed by atoms with Crippen molar-refractivity contribution in [3.63, 3.8) is 0 Å². The van der Waals surface area contributed by atoms with Crippen molar-refractivity contribution in [2.45, 2.75) is 44.8 Å². The van der Waals surface area contributed by atoms with E-state index < -0.39 is 18.0 Å². The van der Waals surface area contributed by atoms with E-state index in [4.69, 9.17) is 17.3 Å². The first-order valence-corrected chi connectivity index (χ1v) is 6.78. The smallest absolute Gasteiger partial charge is 0.129 e.